The maximum absolute atomic E-state index is 11.0. The van der Waals surface area contributed by atoms with Gasteiger partial charge in [0.15, 0.2) is 0 Å². The third-order valence-corrected chi connectivity index (χ3v) is 1.56. The molecule has 0 saturated carbocycles. The van der Waals surface area contributed by atoms with E-state index in [0.29, 0.717) is 5.69 Å². The lowest BCUT2D eigenvalue weighted by Gasteiger charge is -2.10. The molecular weight excluding hydrogens is 184 g/mol. The maximum Gasteiger partial charge on any atom is 0.409 e. The molecule has 76 valence electrons. The van der Waals surface area contributed by atoms with Crippen LogP contribution in [-0.2, 0) is 11.3 Å². The summed E-state index contributed by atoms with van der Waals surface area (Å²) >= 11 is 0. The van der Waals surface area contributed by atoms with E-state index in [1.165, 1.54) is 17.2 Å². The third kappa shape index (κ3) is 2.62. The van der Waals surface area contributed by atoms with Gasteiger partial charge < -0.3 is 14.7 Å². The van der Waals surface area contributed by atoms with Gasteiger partial charge in [0.2, 0.25) is 0 Å². The van der Waals surface area contributed by atoms with Gasteiger partial charge in [-0.05, 0) is 12.1 Å². The Kier molecular flexibility index (Phi) is 3.28. The van der Waals surface area contributed by atoms with Crippen molar-refractivity contribution < 1.29 is 14.6 Å². The zero-order valence-electron chi connectivity index (χ0n) is 8.10. The highest BCUT2D eigenvalue weighted by atomic mass is 16.6. The third-order valence-electron chi connectivity index (χ3n) is 1.56. The van der Waals surface area contributed by atoms with Gasteiger partial charge in [0, 0.05) is 20.3 Å². The van der Waals surface area contributed by atoms with Gasteiger partial charge >= 0.3 is 6.09 Å². The molecule has 0 aliphatic rings. The average Bonchev–Trinajstić information content (AvgIpc) is 2.16. The smallest absolute Gasteiger partial charge is 0.409 e. The first-order valence-electron chi connectivity index (χ1n) is 4.08. The molecule has 0 saturated heterocycles. The van der Waals surface area contributed by atoms with E-state index in [4.69, 9.17) is 4.74 Å². The topological polar surface area (TPSA) is 62.7 Å². The van der Waals surface area contributed by atoms with Gasteiger partial charge in [-0.2, -0.15) is 0 Å². The normalized spacial score (nSPS) is 9.57. The van der Waals surface area contributed by atoms with E-state index in [-0.39, 0.29) is 12.4 Å². The second-order valence-corrected chi connectivity index (χ2v) is 2.92. The molecule has 0 bridgehead atoms. The molecule has 5 heteroatoms. The first kappa shape index (κ1) is 10.3. The van der Waals surface area contributed by atoms with Crippen LogP contribution in [0, 0.1) is 0 Å². The fourth-order valence-corrected chi connectivity index (χ4v) is 0.800. The van der Waals surface area contributed by atoms with Gasteiger partial charge in [-0.3, -0.25) is 4.98 Å². The monoisotopic (exact) mass is 196 g/mol. The minimum Gasteiger partial charge on any atom is -0.506 e. The number of hydrogen-bond acceptors (Lipinski definition) is 4. The van der Waals surface area contributed by atoms with Gasteiger partial charge in [-0.1, -0.05) is 0 Å². The number of carbonyl (C=O) groups is 1. The predicted octanol–water partition coefficient (Wildman–Crippen LogP) is 0.985. The molecule has 1 aromatic rings. The minimum absolute atomic E-state index is 0.0241. The van der Waals surface area contributed by atoms with E-state index in [1.807, 2.05) is 0 Å². The minimum atomic E-state index is -0.463. The summed E-state index contributed by atoms with van der Waals surface area (Å²) in [6.45, 7) is -0.0241. The van der Waals surface area contributed by atoms with Crippen LogP contribution in [0.5, 0.6) is 5.75 Å². The number of carbonyl (C=O) groups excluding carboxylic acids is 1. The number of rotatable bonds is 2. The Bertz CT molecular complexity index is 326. The van der Waals surface area contributed by atoms with Gasteiger partial charge in [-0.25, -0.2) is 4.79 Å². The SMILES string of the molecule is CN(C)C(=O)OCc1ncccc1O. The van der Waals surface area contributed by atoms with E-state index in [2.05, 4.69) is 4.98 Å². The molecule has 0 aromatic carbocycles. The molecular formula is C9H12N2O3. The van der Waals surface area contributed by atoms with Gasteiger partial charge in [-0.15, -0.1) is 0 Å². The highest BCUT2D eigenvalue weighted by Gasteiger charge is 2.07. The number of pyridine rings is 1. The second kappa shape index (κ2) is 4.45. The van der Waals surface area contributed by atoms with Crippen molar-refractivity contribution in [3.8, 4) is 5.75 Å². The van der Waals surface area contributed by atoms with Crippen LogP contribution >= 0.6 is 0 Å². The van der Waals surface area contributed by atoms with Crippen molar-refractivity contribution >= 4 is 6.09 Å². The van der Waals surface area contributed by atoms with Crippen molar-refractivity contribution in [1.82, 2.24) is 9.88 Å². The van der Waals surface area contributed by atoms with Crippen LogP contribution in [0.15, 0.2) is 18.3 Å². The second-order valence-electron chi connectivity index (χ2n) is 2.92. The first-order chi connectivity index (χ1) is 6.61. The summed E-state index contributed by atoms with van der Waals surface area (Å²) < 4.78 is 4.83. The molecule has 0 atom stereocenters. The average molecular weight is 196 g/mol. The molecule has 0 spiro atoms. The summed E-state index contributed by atoms with van der Waals surface area (Å²) in [7, 11) is 3.17. The summed E-state index contributed by atoms with van der Waals surface area (Å²) in [4.78, 5) is 16.2. The fraction of sp³-hybridized carbons (Fsp3) is 0.333. The zero-order chi connectivity index (χ0) is 10.6. The number of aromatic hydroxyl groups is 1. The Morgan fingerprint density at radius 1 is 1.64 bits per heavy atom. The molecule has 0 fully saturated rings. The number of aromatic nitrogens is 1. The van der Waals surface area contributed by atoms with Crippen molar-refractivity contribution in [3.63, 3.8) is 0 Å². The summed E-state index contributed by atoms with van der Waals surface area (Å²) in [6.07, 6.45) is 1.06. The van der Waals surface area contributed by atoms with Crippen LogP contribution in [0.2, 0.25) is 0 Å². The van der Waals surface area contributed by atoms with Crippen LogP contribution < -0.4 is 0 Å². The molecule has 14 heavy (non-hydrogen) atoms. The molecule has 0 radical (unpaired) electrons. The highest BCUT2D eigenvalue weighted by molar-refractivity contribution is 5.66. The van der Waals surface area contributed by atoms with Crippen molar-refractivity contribution in [1.29, 1.82) is 0 Å². The Morgan fingerprint density at radius 2 is 2.36 bits per heavy atom. The Hall–Kier alpha value is -1.78. The lowest BCUT2D eigenvalue weighted by atomic mass is 10.3. The first-order valence-corrected chi connectivity index (χ1v) is 4.08. The molecule has 0 aliphatic carbocycles. The van der Waals surface area contributed by atoms with Crippen molar-refractivity contribution in [2.75, 3.05) is 14.1 Å². The summed E-state index contributed by atoms with van der Waals surface area (Å²) in [5.41, 5.74) is 0.350. The summed E-state index contributed by atoms with van der Waals surface area (Å²) in [5, 5.41) is 9.29. The number of amides is 1. The summed E-state index contributed by atoms with van der Waals surface area (Å²) in [5.74, 6) is 0.0269. The van der Waals surface area contributed by atoms with E-state index in [0.717, 1.165) is 0 Å². The maximum atomic E-state index is 11.0. The molecule has 0 aliphatic heterocycles. The lowest BCUT2D eigenvalue weighted by molar-refractivity contribution is 0.110. The predicted molar refractivity (Wildman–Crippen MR) is 49.8 cm³/mol. The van der Waals surface area contributed by atoms with E-state index in [9.17, 15) is 9.90 Å². The molecule has 1 heterocycles. The van der Waals surface area contributed by atoms with Gasteiger partial charge in [0.05, 0.1) is 0 Å². The van der Waals surface area contributed by atoms with Crippen molar-refractivity contribution in [2.45, 2.75) is 6.61 Å². The highest BCUT2D eigenvalue weighted by Crippen LogP contribution is 2.13. The number of ether oxygens (including phenoxy) is 1. The van der Waals surface area contributed by atoms with Crippen LogP contribution in [0.3, 0.4) is 0 Å². The fourth-order valence-electron chi connectivity index (χ4n) is 0.800. The number of nitrogens with zero attached hydrogens (tertiary/aromatic N) is 2. The Labute approximate surface area is 81.9 Å². The van der Waals surface area contributed by atoms with Crippen LogP contribution in [0.25, 0.3) is 0 Å². The van der Waals surface area contributed by atoms with Crippen molar-refractivity contribution in [3.05, 3.63) is 24.0 Å². The molecule has 1 rings (SSSR count). The van der Waals surface area contributed by atoms with Gasteiger partial charge in [0.25, 0.3) is 0 Å². The molecule has 5 nitrogen and oxygen atoms in total. The summed E-state index contributed by atoms with van der Waals surface area (Å²) in [6, 6.07) is 3.10. The number of hydrogen-bond donors (Lipinski definition) is 1. The zero-order valence-corrected chi connectivity index (χ0v) is 8.10. The molecule has 0 unspecified atom stereocenters. The van der Waals surface area contributed by atoms with Crippen LogP contribution in [0.4, 0.5) is 4.79 Å². The lowest BCUT2D eigenvalue weighted by Crippen LogP contribution is -2.22. The Morgan fingerprint density at radius 3 is 2.93 bits per heavy atom. The molecule has 1 amide bonds. The van der Waals surface area contributed by atoms with Crippen LogP contribution in [0.1, 0.15) is 5.69 Å². The van der Waals surface area contributed by atoms with E-state index < -0.39 is 6.09 Å². The van der Waals surface area contributed by atoms with Crippen LogP contribution in [-0.4, -0.2) is 35.2 Å². The quantitative estimate of drug-likeness (QED) is 0.766. The standard InChI is InChI=1S/C9H12N2O3/c1-11(2)9(13)14-6-7-8(12)4-3-5-10-7/h3-5,12H,6H2,1-2H3. The van der Waals surface area contributed by atoms with E-state index in [1.54, 1.807) is 20.2 Å². The molecule has 1 N–H and O–H groups in total. The largest absolute Gasteiger partial charge is 0.506 e. The molecule has 1 aromatic heterocycles. The van der Waals surface area contributed by atoms with E-state index >= 15 is 0 Å². The van der Waals surface area contributed by atoms with Crippen molar-refractivity contribution in [2.24, 2.45) is 0 Å². The Balaban J connectivity index is 2.54. The van der Waals surface area contributed by atoms with Gasteiger partial charge in [0.1, 0.15) is 18.1 Å².